The molecule has 0 spiro atoms. The van der Waals surface area contributed by atoms with Gasteiger partial charge in [-0.1, -0.05) is 12.1 Å². The molecule has 9 nitrogen and oxygen atoms in total. The van der Waals surface area contributed by atoms with Crippen molar-refractivity contribution in [2.45, 2.75) is 58.9 Å². The van der Waals surface area contributed by atoms with Crippen molar-refractivity contribution in [3.63, 3.8) is 0 Å². The smallest absolute Gasteiger partial charge is 0.494 e. The van der Waals surface area contributed by atoms with Gasteiger partial charge >= 0.3 is 20.9 Å². The van der Waals surface area contributed by atoms with E-state index in [1.807, 2.05) is 45.0 Å². The molecule has 0 radical (unpaired) electrons. The number of alkyl carbamates (subject to hydrolysis) is 1. The molecule has 1 rings (SSSR count). The molecule has 0 saturated carbocycles. The molecule has 198 valence electrons. The first-order valence-electron chi connectivity index (χ1n) is 12.4. The fourth-order valence-corrected chi connectivity index (χ4v) is 5.92. The SMILES string of the molecule is CCO[Si](CCCNC(=O)OCCCCCCOc1ccc(C=CC(=O)O)cc1)(OCC)OCC. The van der Waals surface area contributed by atoms with Gasteiger partial charge in [-0.3, -0.25) is 0 Å². The Morgan fingerprint density at radius 2 is 1.49 bits per heavy atom. The number of carboxylic acid groups (broad SMARTS) is 1. The molecule has 0 saturated heterocycles. The molecule has 0 fully saturated rings. The molecular weight excluding hydrogens is 470 g/mol. The highest BCUT2D eigenvalue weighted by Gasteiger charge is 2.39. The number of unbranched alkanes of at least 4 members (excludes halogenated alkanes) is 3. The maximum absolute atomic E-state index is 11.9. The van der Waals surface area contributed by atoms with Crippen LogP contribution in [0.2, 0.25) is 6.04 Å². The third-order valence-electron chi connectivity index (χ3n) is 4.86. The summed E-state index contributed by atoms with van der Waals surface area (Å²) in [7, 11) is -2.67. The fraction of sp³-hybridized carbons (Fsp3) is 0.600. The van der Waals surface area contributed by atoms with Crippen LogP contribution in [0.5, 0.6) is 5.75 Å². The summed E-state index contributed by atoms with van der Waals surface area (Å²) in [6.45, 7) is 8.84. The summed E-state index contributed by atoms with van der Waals surface area (Å²) in [4.78, 5) is 22.4. The second-order valence-corrected chi connectivity index (χ2v) is 10.4. The van der Waals surface area contributed by atoms with Gasteiger partial charge in [-0.25, -0.2) is 9.59 Å². The first kappa shape index (κ1) is 30.6. The Morgan fingerprint density at radius 1 is 0.886 bits per heavy atom. The number of hydrogen-bond acceptors (Lipinski definition) is 7. The molecule has 2 N–H and O–H groups in total. The monoisotopic (exact) mass is 511 g/mol. The van der Waals surface area contributed by atoms with Crippen molar-refractivity contribution in [1.82, 2.24) is 5.32 Å². The van der Waals surface area contributed by atoms with E-state index >= 15 is 0 Å². The summed E-state index contributed by atoms with van der Waals surface area (Å²) in [5, 5.41) is 11.4. The Kier molecular flexibility index (Phi) is 16.5. The van der Waals surface area contributed by atoms with E-state index in [1.165, 1.54) is 6.08 Å². The number of carbonyl (C=O) groups is 2. The first-order chi connectivity index (χ1) is 16.9. The molecule has 0 heterocycles. The maximum atomic E-state index is 11.9. The lowest BCUT2D eigenvalue weighted by Gasteiger charge is -2.28. The van der Waals surface area contributed by atoms with Crippen molar-refractivity contribution in [3.05, 3.63) is 35.9 Å². The Hall–Kier alpha value is -2.40. The molecule has 10 heteroatoms. The highest BCUT2D eigenvalue weighted by molar-refractivity contribution is 6.60. The minimum Gasteiger partial charge on any atom is -0.494 e. The molecule has 0 unspecified atom stereocenters. The average molecular weight is 512 g/mol. The lowest BCUT2D eigenvalue weighted by molar-refractivity contribution is -0.131. The number of benzene rings is 1. The van der Waals surface area contributed by atoms with E-state index in [0.29, 0.717) is 52.0 Å². The molecule has 35 heavy (non-hydrogen) atoms. The fourth-order valence-electron chi connectivity index (χ4n) is 3.30. The number of aliphatic carboxylic acids is 1. The molecule has 0 atom stereocenters. The maximum Gasteiger partial charge on any atom is 0.500 e. The van der Waals surface area contributed by atoms with E-state index in [0.717, 1.165) is 43.1 Å². The highest BCUT2D eigenvalue weighted by atomic mass is 28.4. The molecule has 1 aromatic carbocycles. The summed E-state index contributed by atoms with van der Waals surface area (Å²) in [6, 6.07) is 7.91. The molecule has 0 bridgehead atoms. The highest BCUT2D eigenvalue weighted by Crippen LogP contribution is 2.18. The summed E-state index contributed by atoms with van der Waals surface area (Å²) in [5.74, 6) is -0.223. The second kappa shape index (κ2) is 18.9. The first-order valence-corrected chi connectivity index (χ1v) is 14.3. The van der Waals surface area contributed by atoms with Gasteiger partial charge in [-0.15, -0.1) is 0 Å². The number of amides is 1. The minimum absolute atomic E-state index is 0.382. The van der Waals surface area contributed by atoms with Gasteiger partial charge in [-0.2, -0.15) is 0 Å². The zero-order chi connectivity index (χ0) is 25.8. The van der Waals surface area contributed by atoms with E-state index in [-0.39, 0.29) is 0 Å². The predicted octanol–water partition coefficient (Wildman–Crippen LogP) is 4.89. The zero-order valence-electron chi connectivity index (χ0n) is 21.3. The molecule has 0 aliphatic heterocycles. The van der Waals surface area contributed by atoms with E-state index in [9.17, 15) is 9.59 Å². The van der Waals surface area contributed by atoms with Gasteiger partial charge in [0.1, 0.15) is 5.75 Å². The standard InChI is InChI=1S/C25H41NO8Si/c1-4-32-35(33-5-2,34-6-3)21-11-18-26-25(29)31-20-10-8-7-9-19-30-23-15-12-22(13-16-23)14-17-24(27)28/h12-17H,4-11,18-21H2,1-3H3,(H,26,29)(H,27,28). The Balaban J connectivity index is 2.08. The summed E-state index contributed by atoms with van der Waals surface area (Å²) in [5.41, 5.74) is 0.806. The third kappa shape index (κ3) is 14.6. The minimum atomic E-state index is -2.67. The number of ether oxygens (including phenoxy) is 2. The molecular formula is C25H41NO8Si. The van der Waals surface area contributed by atoms with E-state index < -0.39 is 20.9 Å². The van der Waals surface area contributed by atoms with Gasteiger partial charge in [0.25, 0.3) is 0 Å². The third-order valence-corrected chi connectivity index (χ3v) is 8.01. The second-order valence-electron chi connectivity index (χ2n) is 7.65. The Morgan fingerprint density at radius 3 is 2.06 bits per heavy atom. The Bertz CT molecular complexity index is 724. The van der Waals surface area contributed by atoms with Crippen LogP contribution in [0.1, 0.15) is 58.4 Å². The van der Waals surface area contributed by atoms with Gasteiger partial charge < -0.3 is 33.2 Å². The van der Waals surface area contributed by atoms with Gasteiger partial charge in [0, 0.05) is 38.5 Å². The van der Waals surface area contributed by atoms with Gasteiger partial charge in [0.15, 0.2) is 0 Å². The van der Waals surface area contributed by atoms with Crippen LogP contribution in [0, 0.1) is 0 Å². The number of carbonyl (C=O) groups excluding carboxylic acids is 1. The number of nitrogens with one attached hydrogen (secondary N) is 1. The van der Waals surface area contributed by atoms with Crippen molar-refractivity contribution in [2.75, 3.05) is 39.6 Å². The molecule has 0 aliphatic carbocycles. The zero-order valence-corrected chi connectivity index (χ0v) is 22.3. The van der Waals surface area contributed by atoms with Crippen LogP contribution in [0.3, 0.4) is 0 Å². The van der Waals surface area contributed by atoms with Crippen molar-refractivity contribution < 1.29 is 37.4 Å². The van der Waals surface area contributed by atoms with E-state index in [2.05, 4.69) is 5.32 Å². The van der Waals surface area contributed by atoms with Crippen LogP contribution in [0.25, 0.3) is 6.08 Å². The lowest BCUT2D eigenvalue weighted by atomic mass is 10.2. The Labute approximate surface area is 210 Å². The van der Waals surface area contributed by atoms with Crippen LogP contribution in [-0.4, -0.2) is 65.6 Å². The van der Waals surface area contributed by atoms with Gasteiger partial charge in [-0.05, 0) is 76.6 Å². The summed E-state index contributed by atoms with van der Waals surface area (Å²) >= 11 is 0. The van der Waals surface area contributed by atoms with Crippen molar-refractivity contribution in [3.8, 4) is 5.75 Å². The normalized spacial score (nSPS) is 11.5. The van der Waals surface area contributed by atoms with Crippen LogP contribution in [0.4, 0.5) is 4.79 Å². The molecule has 1 aromatic rings. The van der Waals surface area contributed by atoms with Crippen molar-refractivity contribution >= 4 is 26.9 Å². The summed E-state index contributed by atoms with van der Waals surface area (Å²) < 4.78 is 28.3. The summed E-state index contributed by atoms with van der Waals surface area (Å²) in [6.07, 6.45) is 6.54. The van der Waals surface area contributed by atoms with Crippen molar-refractivity contribution in [2.24, 2.45) is 0 Å². The molecule has 0 aliphatic rings. The number of hydrogen-bond donors (Lipinski definition) is 2. The van der Waals surface area contributed by atoms with E-state index in [4.69, 9.17) is 27.9 Å². The van der Waals surface area contributed by atoms with Crippen LogP contribution in [0.15, 0.2) is 30.3 Å². The van der Waals surface area contributed by atoms with Crippen LogP contribution in [-0.2, 0) is 22.8 Å². The van der Waals surface area contributed by atoms with Gasteiger partial charge in [0.2, 0.25) is 0 Å². The topological polar surface area (TPSA) is 113 Å². The van der Waals surface area contributed by atoms with Gasteiger partial charge in [0.05, 0.1) is 13.2 Å². The predicted molar refractivity (Wildman–Crippen MR) is 136 cm³/mol. The van der Waals surface area contributed by atoms with E-state index in [1.54, 1.807) is 0 Å². The molecule has 0 aromatic heterocycles. The van der Waals surface area contributed by atoms with Crippen molar-refractivity contribution in [1.29, 1.82) is 0 Å². The lowest BCUT2D eigenvalue weighted by Crippen LogP contribution is -2.46. The molecule has 1 amide bonds. The number of carboxylic acids is 1. The average Bonchev–Trinajstić information content (AvgIpc) is 2.83. The van der Waals surface area contributed by atoms with Crippen LogP contribution >= 0.6 is 0 Å². The largest absolute Gasteiger partial charge is 0.500 e. The quantitative estimate of drug-likeness (QED) is 0.145. The number of rotatable bonds is 20. The van der Waals surface area contributed by atoms with Crippen LogP contribution < -0.4 is 10.1 Å².